The van der Waals surface area contributed by atoms with Crippen molar-refractivity contribution >= 4 is 5.69 Å². The predicted molar refractivity (Wildman–Crippen MR) is 66.0 cm³/mol. The first kappa shape index (κ1) is 13.4. The van der Waals surface area contributed by atoms with Crippen LogP contribution in [0.1, 0.15) is 11.1 Å². The third kappa shape index (κ3) is 2.70. The highest BCUT2D eigenvalue weighted by Crippen LogP contribution is 2.35. The molecule has 0 spiro atoms. The van der Waals surface area contributed by atoms with Gasteiger partial charge in [-0.25, -0.2) is 4.39 Å². The summed E-state index contributed by atoms with van der Waals surface area (Å²) < 4.78 is 51.1. The molecule has 5 heteroatoms. The summed E-state index contributed by atoms with van der Waals surface area (Å²) in [7, 11) is 0. The van der Waals surface area contributed by atoms with Crippen molar-refractivity contribution in [3.8, 4) is 11.1 Å². The van der Waals surface area contributed by atoms with Crippen LogP contribution in [0.5, 0.6) is 0 Å². The SMILES string of the molecule is Cc1ccc(-c2ccc(F)c(C(F)(F)F)c2)c(N)c1. The van der Waals surface area contributed by atoms with Crippen molar-refractivity contribution in [1.29, 1.82) is 0 Å². The Morgan fingerprint density at radius 2 is 1.68 bits per heavy atom. The largest absolute Gasteiger partial charge is 0.419 e. The Labute approximate surface area is 107 Å². The lowest BCUT2D eigenvalue weighted by Gasteiger charge is -2.12. The van der Waals surface area contributed by atoms with Crippen LogP contribution in [0, 0.1) is 12.7 Å². The van der Waals surface area contributed by atoms with E-state index in [0.29, 0.717) is 11.3 Å². The molecule has 0 aliphatic carbocycles. The molecular formula is C14H11F4N. The number of aryl methyl sites for hydroxylation is 1. The van der Waals surface area contributed by atoms with E-state index in [1.165, 1.54) is 6.07 Å². The Kier molecular flexibility index (Phi) is 3.22. The minimum atomic E-state index is -4.72. The van der Waals surface area contributed by atoms with Gasteiger partial charge < -0.3 is 5.73 Å². The van der Waals surface area contributed by atoms with Gasteiger partial charge >= 0.3 is 6.18 Å². The zero-order valence-corrected chi connectivity index (χ0v) is 10.1. The molecule has 1 nitrogen and oxygen atoms in total. The standard InChI is InChI=1S/C14H11F4N/c1-8-2-4-10(13(19)6-8)9-3-5-12(15)11(7-9)14(16,17)18/h2-7H,19H2,1H3. The fourth-order valence-corrected chi connectivity index (χ4v) is 1.86. The third-order valence-electron chi connectivity index (χ3n) is 2.79. The lowest BCUT2D eigenvalue weighted by molar-refractivity contribution is -0.139. The Hall–Kier alpha value is -2.04. The number of halogens is 4. The highest BCUT2D eigenvalue weighted by Gasteiger charge is 2.34. The lowest BCUT2D eigenvalue weighted by atomic mass is 9.99. The number of hydrogen-bond donors (Lipinski definition) is 1. The number of nitrogens with two attached hydrogens (primary N) is 1. The summed E-state index contributed by atoms with van der Waals surface area (Å²) in [5.41, 5.74) is 6.45. The van der Waals surface area contributed by atoms with Crippen molar-refractivity contribution < 1.29 is 17.6 Å². The number of anilines is 1. The monoisotopic (exact) mass is 269 g/mol. The van der Waals surface area contributed by atoms with E-state index in [4.69, 9.17) is 5.73 Å². The van der Waals surface area contributed by atoms with E-state index < -0.39 is 17.6 Å². The van der Waals surface area contributed by atoms with E-state index in [-0.39, 0.29) is 5.56 Å². The van der Waals surface area contributed by atoms with Gasteiger partial charge in [-0.15, -0.1) is 0 Å². The number of benzene rings is 2. The van der Waals surface area contributed by atoms with Crippen LogP contribution in [-0.4, -0.2) is 0 Å². The van der Waals surface area contributed by atoms with Gasteiger partial charge in [-0.1, -0.05) is 18.2 Å². The van der Waals surface area contributed by atoms with E-state index >= 15 is 0 Å². The van der Waals surface area contributed by atoms with E-state index in [1.807, 2.05) is 6.92 Å². The van der Waals surface area contributed by atoms with Crippen LogP contribution in [0.2, 0.25) is 0 Å². The summed E-state index contributed by atoms with van der Waals surface area (Å²) >= 11 is 0. The van der Waals surface area contributed by atoms with Crippen LogP contribution >= 0.6 is 0 Å². The van der Waals surface area contributed by atoms with Crippen LogP contribution in [0.15, 0.2) is 36.4 Å². The number of rotatable bonds is 1. The average Bonchev–Trinajstić information content (AvgIpc) is 2.29. The van der Waals surface area contributed by atoms with Crippen molar-refractivity contribution in [3.63, 3.8) is 0 Å². The normalized spacial score (nSPS) is 11.6. The van der Waals surface area contributed by atoms with E-state index in [0.717, 1.165) is 17.7 Å². The topological polar surface area (TPSA) is 26.0 Å². The smallest absolute Gasteiger partial charge is 0.398 e. The second-order valence-electron chi connectivity index (χ2n) is 4.28. The summed E-state index contributed by atoms with van der Waals surface area (Å²) in [6.07, 6.45) is -4.72. The highest BCUT2D eigenvalue weighted by molar-refractivity contribution is 5.77. The quantitative estimate of drug-likeness (QED) is 0.602. The third-order valence-corrected chi connectivity index (χ3v) is 2.79. The molecule has 2 rings (SSSR count). The van der Waals surface area contributed by atoms with Crippen LogP contribution < -0.4 is 5.73 Å². The molecule has 0 fully saturated rings. The van der Waals surface area contributed by atoms with Crippen LogP contribution in [0.3, 0.4) is 0 Å². The molecule has 0 heterocycles. The Balaban J connectivity index is 2.58. The second-order valence-corrected chi connectivity index (χ2v) is 4.28. The molecule has 0 saturated carbocycles. The Morgan fingerprint density at radius 1 is 1.00 bits per heavy atom. The van der Waals surface area contributed by atoms with Crippen LogP contribution in [-0.2, 0) is 6.18 Å². The molecule has 2 aromatic carbocycles. The van der Waals surface area contributed by atoms with Crippen LogP contribution in [0.4, 0.5) is 23.2 Å². The molecule has 0 saturated heterocycles. The summed E-state index contributed by atoms with van der Waals surface area (Å²) in [4.78, 5) is 0. The maximum atomic E-state index is 13.2. The molecule has 0 aromatic heterocycles. The van der Waals surface area contributed by atoms with Crippen molar-refractivity contribution in [2.45, 2.75) is 13.1 Å². The molecule has 0 bridgehead atoms. The van der Waals surface area contributed by atoms with Crippen molar-refractivity contribution in [3.05, 3.63) is 53.3 Å². The molecule has 0 aliphatic rings. The van der Waals surface area contributed by atoms with E-state index in [1.54, 1.807) is 18.2 Å². The first-order valence-electron chi connectivity index (χ1n) is 5.52. The number of nitrogen functional groups attached to an aromatic ring is 1. The fourth-order valence-electron chi connectivity index (χ4n) is 1.86. The minimum Gasteiger partial charge on any atom is -0.398 e. The molecule has 2 aromatic rings. The molecule has 100 valence electrons. The van der Waals surface area contributed by atoms with Gasteiger partial charge in [-0.3, -0.25) is 0 Å². The fraction of sp³-hybridized carbons (Fsp3) is 0.143. The molecule has 19 heavy (non-hydrogen) atoms. The molecule has 0 amide bonds. The summed E-state index contributed by atoms with van der Waals surface area (Å²) in [6.45, 7) is 1.83. The molecule has 0 unspecified atom stereocenters. The van der Waals surface area contributed by atoms with Crippen LogP contribution in [0.25, 0.3) is 11.1 Å². The Bertz CT molecular complexity index is 617. The first-order valence-corrected chi connectivity index (χ1v) is 5.52. The van der Waals surface area contributed by atoms with Gasteiger partial charge in [-0.05, 0) is 36.2 Å². The first-order chi connectivity index (χ1) is 8.79. The highest BCUT2D eigenvalue weighted by atomic mass is 19.4. The summed E-state index contributed by atoms with van der Waals surface area (Å²) in [5, 5.41) is 0. The van der Waals surface area contributed by atoms with Crippen molar-refractivity contribution in [1.82, 2.24) is 0 Å². The van der Waals surface area contributed by atoms with Gasteiger partial charge in [0.1, 0.15) is 5.82 Å². The predicted octanol–water partition coefficient (Wildman–Crippen LogP) is 4.40. The maximum absolute atomic E-state index is 13.2. The Morgan fingerprint density at radius 3 is 2.26 bits per heavy atom. The van der Waals surface area contributed by atoms with Gasteiger partial charge in [0.05, 0.1) is 5.56 Å². The molecule has 0 aliphatic heterocycles. The maximum Gasteiger partial charge on any atom is 0.419 e. The zero-order valence-electron chi connectivity index (χ0n) is 10.1. The average molecular weight is 269 g/mol. The molecular weight excluding hydrogens is 258 g/mol. The van der Waals surface area contributed by atoms with Crippen molar-refractivity contribution in [2.24, 2.45) is 0 Å². The summed E-state index contributed by atoms with van der Waals surface area (Å²) in [5.74, 6) is -1.29. The van der Waals surface area contributed by atoms with Gasteiger partial charge in [0.15, 0.2) is 0 Å². The number of hydrogen-bond acceptors (Lipinski definition) is 1. The molecule has 0 atom stereocenters. The second kappa shape index (κ2) is 4.57. The van der Waals surface area contributed by atoms with E-state index in [2.05, 4.69) is 0 Å². The van der Waals surface area contributed by atoms with Gasteiger partial charge in [0.25, 0.3) is 0 Å². The lowest BCUT2D eigenvalue weighted by Crippen LogP contribution is -2.08. The zero-order chi connectivity index (χ0) is 14.2. The summed E-state index contributed by atoms with van der Waals surface area (Å²) in [6, 6.07) is 7.88. The van der Waals surface area contributed by atoms with Gasteiger partial charge in [0.2, 0.25) is 0 Å². The minimum absolute atomic E-state index is 0.242. The molecule has 0 radical (unpaired) electrons. The molecule has 2 N–H and O–H groups in total. The van der Waals surface area contributed by atoms with Gasteiger partial charge in [-0.2, -0.15) is 13.2 Å². The number of alkyl halides is 3. The van der Waals surface area contributed by atoms with Gasteiger partial charge in [0, 0.05) is 11.3 Å². The van der Waals surface area contributed by atoms with Crippen molar-refractivity contribution in [2.75, 3.05) is 5.73 Å². The van der Waals surface area contributed by atoms with E-state index in [9.17, 15) is 17.6 Å².